The quantitative estimate of drug-likeness (QED) is 0.817. The number of carbonyl (C=O) groups is 2. The van der Waals surface area contributed by atoms with Crippen LogP contribution >= 0.6 is 23.4 Å². The summed E-state index contributed by atoms with van der Waals surface area (Å²) in [7, 11) is 0. The number of nitrogens with one attached hydrogen (secondary N) is 1. The molecule has 1 amide bonds. The molecule has 0 unspecified atom stereocenters. The maximum absolute atomic E-state index is 11.8. The van der Waals surface area contributed by atoms with Crippen LogP contribution in [-0.4, -0.2) is 34.5 Å². The SMILES string of the molecule is CCOC(=O)CS[C@H](C)C(=O)Nc1ccc(Cl)cn1. The molecule has 1 aromatic heterocycles. The smallest absolute Gasteiger partial charge is 0.315 e. The van der Waals surface area contributed by atoms with E-state index in [9.17, 15) is 9.59 Å². The lowest BCUT2D eigenvalue weighted by Gasteiger charge is -2.11. The Bertz CT molecular complexity index is 439. The Morgan fingerprint density at radius 1 is 1.53 bits per heavy atom. The number of thioether (sulfide) groups is 1. The van der Waals surface area contributed by atoms with Gasteiger partial charge in [0.1, 0.15) is 5.82 Å². The molecular formula is C12H15ClN2O3S. The van der Waals surface area contributed by atoms with Gasteiger partial charge in [-0.1, -0.05) is 11.6 Å². The summed E-state index contributed by atoms with van der Waals surface area (Å²) < 4.78 is 4.78. The van der Waals surface area contributed by atoms with Crippen molar-refractivity contribution >= 4 is 41.1 Å². The molecule has 1 N–H and O–H groups in total. The first-order valence-electron chi connectivity index (χ1n) is 5.72. The molecule has 0 aliphatic carbocycles. The van der Waals surface area contributed by atoms with Gasteiger partial charge in [-0.3, -0.25) is 9.59 Å². The van der Waals surface area contributed by atoms with Gasteiger partial charge in [-0.2, -0.15) is 0 Å². The second kappa shape index (κ2) is 8.01. The molecule has 1 atom stereocenters. The van der Waals surface area contributed by atoms with E-state index in [0.717, 1.165) is 0 Å². The van der Waals surface area contributed by atoms with Crippen molar-refractivity contribution in [1.82, 2.24) is 4.98 Å². The van der Waals surface area contributed by atoms with E-state index in [4.69, 9.17) is 16.3 Å². The van der Waals surface area contributed by atoms with Crippen LogP contribution in [0.3, 0.4) is 0 Å². The van der Waals surface area contributed by atoms with Crippen molar-refractivity contribution in [3.63, 3.8) is 0 Å². The fourth-order valence-corrected chi connectivity index (χ4v) is 1.94. The van der Waals surface area contributed by atoms with E-state index in [2.05, 4.69) is 10.3 Å². The molecule has 0 bridgehead atoms. The van der Waals surface area contributed by atoms with Gasteiger partial charge in [0, 0.05) is 6.20 Å². The van der Waals surface area contributed by atoms with Crippen molar-refractivity contribution < 1.29 is 14.3 Å². The maximum Gasteiger partial charge on any atom is 0.315 e. The van der Waals surface area contributed by atoms with Crippen LogP contribution in [0.5, 0.6) is 0 Å². The fourth-order valence-electron chi connectivity index (χ4n) is 1.15. The monoisotopic (exact) mass is 302 g/mol. The van der Waals surface area contributed by atoms with Crippen molar-refractivity contribution in [3.8, 4) is 0 Å². The fraction of sp³-hybridized carbons (Fsp3) is 0.417. The third kappa shape index (κ3) is 5.94. The molecule has 0 saturated carbocycles. The summed E-state index contributed by atoms with van der Waals surface area (Å²) in [6.07, 6.45) is 1.45. The van der Waals surface area contributed by atoms with Gasteiger partial charge in [0.2, 0.25) is 5.91 Å². The number of nitrogens with zero attached hydrogens (tertiary/aromatic N) is 1. The first-order valence-corrected chi connectivity index (χ1v) is 7.15. The van der Waals surface area contributed by atoms with Crippen LogP contribution in [0.4, 0.5) is 5.82 Å². The second-order valence-corrected chi connectivity index (χ2v) is 5.37. The Balaban J connectivity index is 2.40. The van der Waals surface area contributed by atoms with E-state index in [0.29, 0.717) is 17.4 Å². The summed E-state index contributed by atoms with van der Waals surface area (Å²) in [6, 6.07) is 3.25. The second-order valence-electron chi connectivity index (χ2n) is 3.61. The van der Waals surface area contributed by atoms with Gasteiger partial charge in [-0.05, 0) is 26.0 Å². The Hall–Kier alpha value is -1.27. The van der Waals surface area contributed by atoms with Crippen LogP contribution < -0.4 is 5.32 Å². The Morgan fingerprint density at radius 3 is 2.84 bits per heavy atom. The molecule has 104 valence electrons. The van der Waals surface area contributed by atoms with Crippen molar-refractivity contribution in [2.45, 2.75) is 19.1 Å². The van der Waals surface area contributed by atoms with Gasteiger partial charge in [0.25, 0.3) is 0 Å². The molecule has 5 nitrogen and oxygen atoms in total. The number of rotatable bonds is 6. The molecule has 0 saturated heterocycles. The first-order chi connectivity index (χ1) is 9.02. The highest BCUT2D eigenvalue weighted by Crippen LogP contribution is 2.14. The highest BCUT2D eigenvalue weighted by Gasteiger charge is 2.16. The van der Waals surface area contributed by atoms with Gasteiger partial charge in [0.05, 0.1) is 22.6 Å². The first kappa shape index (κ1) is 15.8. The van der Waals surface area contributed by atoms with E-state index >= 15 is 0 Å². The lowest BCUT2D eigenvalue weighted by Crippen LogP contribution is -2.24. The summed E-state index contributed by atoms with van der Waals surface area (Å²) in [5.41, 5.74) is 0. The molecule has 0 fully saturated rings. The van der Waals surface area contributed by atoms with E-state index in [1.165, 1.54) is 18.0 Å². The normalized spacial score (nSPS) is 11.7. The molecule has 0 aliphatic rings. The minimum Gasteiger partial charge on any atom is -0.465 e. The molecule has 0 radical (unpaired) electrons. The number of hydrogen-bond acceptors (Lipinski definition) is 5. The molecule has 7 heteroatoms. The molecule has 0 aliphatic heterocycles. The van der Waals surface area contributed by atoms with E-state index < -0.39 is 0 Å². The van der Waals surface area contributed by atoms with Gasteiger partial charge in [-0.15, -0.1) is 11.8 Å². The molecular weight excluding hydrogens is 288 g/mol. The zero-order valence-electron chi connectivity index (χ0n) is 10.7. The minimum absolute atomic E-state index is 0.149. The van der Waals surface area contributed by atoms with E-state index in [1.807, 2.05) is 0 Å². The molecule has 0 spiro atoms. The van der Waals surface area contributed by atoms with Crippen LogP contribution in [0, 0.1) is 0 Å². The summed E-state index contributed by atoms with van der Waals surface area (Å²) in [5, 5.41) is 2.77. The maximum atomic E-state index is 11.8. The molecule has 1 heterocycles. The lowest BCUT2D eigenvalue weighted by atomic mass is 10.4. The van der Waals surface area contributed by atoms with Crippen molar-refractivity contribution in [3.05, 3.63) is 23.4 Å². The number of hydrogen-bond donors (Lipinski definition) is 1. The number of pyridine rings is 1. The highest BCUT2D eigenvalue weighted by molar-refractivity contribution is 8.01. The number of halogens is 1. The van der Waals surface area contributed by atoms with Crippen molar-refractivity contribution in [2.75, 3.05) is 17.7 Å². The molecule has 0 aromatic carbocycles. The third-order valence-corrected chi connectivity index (χ3v) is 3.44. The Labute approximate surface area is 121 Å². The summed E-state index contributed by atoms with van der Waals surface area (Å²) in [5.74, 6) is 0.0371. The van der Waals surface area contributed by atoms with Crippen LogP contribution in [0.15, 0.2) is 18.3 Å². The van der Waals surface area contributed by atoms with Gasteiger partial charge < -0.3 is 10.1 Å². The zero-order valence-corrected chi connectivity index (χ0v) is 12.3. The van der Waals surface area contributed by atoms with Crippen LogP contribution in [-0.2, 0) is 14.3 Å². The molecule has 1 aromatic rings. The summed E-state index contributed by atoms with van der Waals surface area (Å²) in [4.78, 5) is 26.9. The highest BCUT2D eigenvalue weighted by atomic mass is 35.5. The zero-order chi connectivity index (χ0) is 14.3. The summed E-state index contributed by atoms with van der Waals surface area (Å²) >= 11 is 6.91. The molecule has 19 heavy (non-hydrogen) atoms. The van der Waals surface area contributed by atoms with Gasteiger partial charge in [-0.25, -0.2) is 4.98 Å². The number of amides is 1. The number of esters is 1. The van der Waals surface area contributed by atoms with Gasteiger partial charge >= 0.3 is 5.97 Å². The van der Waals surface area contributed by atoms with Crippen molar-refractivity contribution in [2.24, 2.45) is 0 Å². The Kier molecular flexibility index (Phi) is 6.66. The predicted octanol–water partition coefficient (Wildman–Crippen LogP) is 2.36. The number of anilines is 1. The lowest BCUT2D eigenvalue weighted by molar-refractivity contribution is -0.139. The van der Waals surface area contributed by atoms with E-state index in [-0.39, 0.29) is 22.9 Å². The number of aromatic nitrogens is 1. The predicted molar refractivity (Wildman–Crippen MR) is 76.4 cm³/mol. The van der Waals surface area contributed by atoms with Crippen LogP contribution in [0.1, 0.15) is 13.8 Å². The third-order valence-electron chi connectivity index (χ3n) is 2.10. The van der Waals surface area contributed by atoms with Crippen LogP contribution in [0.2, 0.25) is 5.02 Å². The standard InChI is InChI=1S/C12H15ClN2O3S/c1-3-18-11(16)7-19-8(2)12(17)15-10-5-4-9(13)6-14-10/h4-6,8H,3,7H2,1-2H3,(H,14,15,17)/t8-/m1/s1. The van der Waals surface area contributed by atoms with E-state index in [1.54, 1.807) is 26.0 Å². The average molecular weight is 303 g/mol. The minimum atomic E-state index is -0.373. The largest absolute Gasteiger partial charge is 0.465 e. The average Bonchev–Trinajstić information content (AvgIpc) is 2.39. The topological polar surface area (TPSA) is 68.3 Å². The van der Waals surface area contributed by atoms with Crippen LogP contribution in [0.25, 0.3) is 0 Å². The number of ether oxygens (including phenoxy) is 1. The van der Waals surface area contributed by atoms with Gasteiger partial charge in [0.15, 0.2) is 0 Å². The number of carbonyl (C=O) groups excluding carboxylic acids is 2. The summed E-state index contributed by atoms with van der Waals surface area (Å²) in [6.45, 7) is 3.80. The Morgan fingerprint density at radius 2 is 2.26 bits per heavy atom. The molecule has 1 rings (SSSR count). The van der Waals surface area contributed by atoms with Crippen molar-refractivity contribution in [1.29, 1.82) is 0 Å².